The second-order valence-electron chi connectivity index (χ2n) is 4.29. The number of ether oxygens (including phenoxy) is 1. The third-order valence-electron chi connectivity index (χ3n) is 2.61. The standard InChI is InChI=1S/C12H16N2O2/c1-9(2)6-10-4-5-14-8-12(10,7-13)11(15)16-3/h4-5,9H,6,8H2,1-3H3. The van der Waals surface area contributed by atoms with Crippen LogP contribution < -0.4 is 0 Å². The van der Waals surface area contributed by atoms with E-state index in [0.29, 0.717) is 12.3 Å². The summed E-state index contributed by atoms with van der Waals surface area (Å²) in [7, 11) is 1.30. The van der Waals surface area contributed by atoms with Crippen molar-refractivity contribution in [3.05, 3.63) is 11.6 Å². The zero-order chi connectivity index (χ0) is 12.2. The van der Waals surface area contributed by atoms with Gasteiger partial charge in [0.1, 0.15) is 0 Å². The van der Waals surface area contributed by atoms with Gasteiger partial charge in [0.15, 0.2) is 5.41 Å². The summed E-state index contributed by atoms with van der Waals surface area (Å²) >= 11 is 0. The minimum absolute atomic E-state index is 0.161. The van der Waals surface area contributed by atoms with Gasteiger partial charge in [-0.05, 0) is 24.0 Å². The van der Waals surface area contributed by atoms with E-state index in [2.05, 4.69) is 11.1 Å². The lowest BCUT2D eigenvalue weighted by atomic mass is 9.76. The number of hydrogen-bond acceptors (Lipinski definition) is 4. The monoisotopic (exact) mass is 220 g/mol. The van der Waals surface area contributed by atoms with Crippen molar-refractivity contribution >= 4 is 12.2 Å². The fourth-order valence-electron chi connectivity index (χ4n) is 1.78. The molecule has 0 spiro atoms. The first-order valence-electron chi connectivity index (χ1n) is 5.26. The van der Waals surface area contributed by atoms with Gasteiger partial charge < -0.3 is 4.74 Å². The summed E-state index contributed by atoms with van der Waals surface area (Å²) in [5.74, 6) is -0.131. The Bertz CT molecular complexity index is 377. The Balaban J connectivity index is 3.09. The third-order valence-corrected chi connectivity index (χ3v) is 2.61. The maximum atomic E-state index is 11.8. The maximum Gasteiger partial charge on any atom is 0.332 e. The van der Waals surface area contributed by atoms with E-state index in [0.717, 1.165) is 5.57 Å². The number of methoxy groups -OCH3 is 1. The van der Waals surface area contributed by atoms with Crippen molar-refractivity contribution in [2.24, 2.45) is 16.3 Å². The highest BCUT2D eigenvalue weighted by Gasteiger charge is 2.44. The van der Waals surface area contributed by atoms with Crippen molar-refractivity contribution < 1.29 is 9.53 Å². The molecule has 0 radical (unpaired) electrons. The number of carbonyl (C=O) groups is 1. The molecule has 1 unspecified atom stereocenters. The molecule has 0 aromatic carbocycles. The molecule has 0 aromatic heterocycles. The Morgan fingerprint density at radius 2 is 2.44 bits per heavy atom. The Kier molecular flexibility index (Phi) is 3.83. The molecular formula is C12H16N2O2. The maximum absolute atomic E-state index is 11.8. The summed E-state index contributed by atoms with van der Waals surface area (Å²) in [5, 5.41) is 9.26. The highest BCUT2D eigenvalue weighted by Crippen LogP contribution is 2.34. The minimum Gasteiger partial charge on any atom is -0.468 e. The van der Waals surface area contributed by atoms with Crippen LogP contribution in [0.1, 0.15) is 20.3 Å². The van der Waals surface area contributed by atoms with Crippen LogP contribution in [0.3, 0.4) is 0 Å². The molecule has 0 aromatic rings. The molecule has 1 aliphatic heterocycles. The number of carbonyl (C=O) groups excluding carboxylic acids is 1. The predicted octanol–water partition coefficient (Wildman–Crippen LogP) is 1.73. The van der Waals surface area contributed by atoms with Crippen LogP contribution >= 0.6 is 0 Å². The first kappa shape index (κ1) is 12.4. The molecule has 0 saturated heterocycles. The second-order valence-corrected chi connectivity index (χ2v) is 4.29. The first-order chi connectivity index (χ1) is 7.56. The molecule has 16 heavy (non-hydrogen) atoms. The molecule has 1 rings (SSSR count). The fraction of sp³-hybridized carbons (Fsp3) is 0.583. The van der Waals surface area contributed by atoms with Gasteiger partial charge >= 0.3 is 5.97 Å². The predicted molar refractivity (Wildman–Crippen MR) is 61.0 cm³/mol. The van der Waals surface area contributed by atoms with Crippen LogP contribution in [0.2, 0.25) is 0 Å². The molecule has 0 bridgehead atoms. The number of hydrogen-bond donors (Lipinski definition) is 0. The van der Waals surface area contributed by atoms with Crippen LogP contribution in [0, 0.1) is 22.7 Å². The van der Waals surface area contributed by atoms with Gasteiger partial charge in [-0.25, -0.2) is 4.79 Å². The number of nitriles is 1. The lowest BCUT2D eigenvalue weighted by Gasteiger charge is -2.28. The summed E-state index contributed by atoms with van der Waals surface area (Å²) in [6.45, 7) is 4.26. The number of allylic oxidation sites excluding steroid dienone is 1. The van der Waals surface area contributed by atoms with Gasteiger partial charge in [-0.1, -0.05) is 13.8 Å². The number of rotatable bonds is 3. The van der Waals surface area contributed by atoms with Crippen LogP contribution in [0.5, 0.6) is 0 Å². The summed E-state index contributed by atoms with van der Waals surface area (Å²) in [6.07, 6.45) is 4.11. The lowest BCUT2D eigenvalue weighted by Crippen LogP contribution is -2.38. The van der Waals surface area contributed by atoms with Gasteiger partial charge in [-0.3, -0.25) is 4.99 Å². The number of nitrogens with zero attached hydrogens (tertiary/aromatic N) is 2. The molecule has 0 amide bonds. The molecule has 0 saturated carbocycles. The lowest BCUT2D eigenvalue weighted by molar-refractivity contribution is -0.147. The zero-order valence-corrected chi connectivity index (χ0v) is 9.86. The van der Waals surface area contributed by atoms with Gasteiger partial charge in [-0.2, -0.15) is 5.26 Å². The van der Waals surface area contributed by atoms with E-state index in [1.165, 1.54) is 7.11 Å². The van der Waals surface area contributed by atoms with Crippen LogP contribution in [0.4, 0.5) is 0 Å². The molecule has 0 fully saturated rings. The molecule has 86 valence electrons. The average molecular weight is 220 g/mol. The molecule has 0 aliphatic carbocycles. The van der Waals surface area contributed by atoms with E-state index in [9.17, 15) is 10.1 Å². The van der Waals surface area contributed by atoms with Crippen molar-refractivity contribution in [3.8, 4) is 6.07 Å². The van der Waals surface area contributed by atoms with E-state index in [1.54, 1.807) is 12.3 Å². The van der Waals surface area contributed by atoms with E-state index in [-0.39, 0.29) is 6.54 Å². The van der Waals surface area contributed by atoms with E-state index < -0.39 is 11.4 Å². The highest BCUT2D eigenvalue weighted by molar-refractivity contribution is 5.88. The number of esters is 1. The van der Waals surface area contributed by atoms with Gasteiger partial charge in [-0.15, -0.1) is 0 Å². The molecule has 1 atom stereocenters. The van der Waals surface area contributed by atoms with Crippen LogP contribution in [0.25, 0.3) is 0 Å². The molecular weight excluding hydrogens is 204 g/mol. The summed E-state index contributed by atoms with van der Waals surface area (Å²) in [5.41, 5.74) is -0.417. The molecule has 1 heterocycles. The van der Waals surface area contributed by atoms with Crippen molar-refractivity contribution in [3.63, 3.8) is 0 Å². The molecule has 4 nitrogen and oxygen atoms in total. The SMILES string of the molecule is COC(=O)C1(C#N)CN=CC=C1CC(C)C. The second kappa shape index (κ2) is 4.93. The quantitative estimate of drug-likeness (QED) is 0.680. The molecule has 4 heteroatoms. The average Bonchev–Trinajstić information content (AvgIpc) is 2.28. The van der Waals surface area contributed by atoms with Gasteiger partial charge in [0.05, 0.1) is 19.7 Å². The normalized spacial score (nSPS) is 23.8. The number of dihydropyridines is 1. The number of aliphatic imine (C=N–C) groups is 1. The van der Waals surface area contributed by atoms with Gasteiger partial charge in [0.25, 0.3) is 0 Å². The van der Waals surface area contributed by atoms with Crippen LogP contribution in [-0.2, 0) is 9.53 Å². The summed E-state index contributed by atoms with van der Waals surface area (Å²) < 4.78 is 4.72. The Labute approximate surface area is 95.6 Å². The van der Waals surface area contributed by atoms with Crippen molar-refractivity contribution in [2.45, 2.75) is 20.3 Å². The largest absolute Gasteiger partial charge is 0.468 e. The highest BCUT2D eigenvalue weighted by atomic mass is 16.5. The molecule has 1 aliphatic rings. The minimum atomic E-state index is -1.21. The molecule has 0 N–H and O–H groups in total. The van der Waals surface area contributed by atoms with Crippen molar-refractivity contribution in [2.75, 3.05) is 13.7 Å². The van der Waals surface area contributed by atoms with Gasteiger partial charge in [0.2, 0.25) is 0 Å². The van der Waals surface area contributed by atoms with Crippen LogP contribution in [0.15, 0.2) is 16.6 Å². The fourth-order valence-corrected chi connectivity index (χ4v) is 1.78. The Morgan fingerprint density at radius 3 is 2.94 bits per heavy atom. The summed E-state index contributed by atoms with van der Waals surface area (Å²) in [6, 6.07) is 2.07. The van der Waals surface area contributed by atoms with Gasteiger partial charge in [0, 0.05) is 6.21 Å². The summed E-state index contributed by atoms with van der Waals surface area (Å²) in [4.78, 5) is 15.8. The first-order valence-corrected chi connectivity index (χ1v) is 5.26. The van der Waals surface area contributed by atoms with Crippen molar-refractivity contribution in [1.82, 2.24) is 0 Å². The van der Waals surface area contributed by atoms with Crippen molar-refractivity contribution in [1.29, 1.82) is 5.26 Å². The van der Waals surface area contributed by atoms with E-state index >= 15 is 0 Å². The Morgan fingerprint density at radius 1 is 1.75 bits per heavy atom. The third kappa shape index (κ3) is 2.13. The zero-order valence-electron chi connectivity index (χ0n) is 9.86. The smallest absolute Gasteiger partial charge is 0.332 e. The topological polar surface area (TPSA) is 62.5 Å². The van der Waals surface area contributed by atoms with Crippen LogP contribution in [-0.4, -0.2) is 25.8 Å². The Hall–Kier alpha value is -1.63. The van der Waals surface area contributed by atoms with E-state index in [4.69, 9.17) is 4.74 Å². The van der Waals surface area contributed by atoms with E-state index in [1.807, 2.05) is 13.8 Å².